The first-order valence-electron chi connectivity index (χ1n) is 6.10. The topological polar surface area (TPSA) is 49.8 Å². The molecule has 0 fully saturated rings. The molecule has 17 heavy (non-hydrogen) atoms. The number of hydrogen-bond acceptors (Lipinski definition) is 3. The summed E-state index contributed by atoms with van der Waals surface area (Å²) in [5.74, 6) is 0. The molecule has 1 heterocycles. The summed E-state index contributed by atoms with van der Waals surface area (Å²) in [7, 11) is 0. The van der Waals surface area contributed by atoms with E-state index in [0.717, 1.165) is 12.0 Å². The van der Waals surface area contributed by atoms with E-state index in [0.29, 0.717) is 6.54 Å². The lowest BCUT2D eigenvalue weighted by atomic mass is 9.98. The molecular weight excluding hydrogens is 218 g/mol. The number of rotatable bonds is 1. The molecular formula is C13H23NO3. The summed E-state index contributed by atoms with van der Waals surface area (Å²) in [5, 5.41) is 9.68. The Balaban J connectivity index is 2.82. The van der Waals surface area contributed by atoms with E-state index in [4.69, 9.17) is 4.74 Å². The van der Waals surface area contributed by atoms with E-state index in [2.05, 4.69) is 0 Å². The van der Waals surface area contributed by atoms with Crippen molar-refractivity contribution in [3.8, 4) is 0 Å². The zero-order chi connectivity index (χ0) is 13.2. The van der Waals surface area contributed by atoms with Crippen LogP contribution in [0.15, 0.2) is 11.6 Å². The second-order valence-corrected chi connectivity index (χ2v) is 5.53. The van der Waals surface area contributed by atoms with Crippen LogP contribution in [0.4, 0.5) is 4.79 Å². The van der Waals surface area contributed by atoms with Gasteiger partial charge in [0, 0.05) is 0 Å². The van der Waals surface area contributed by atoms with Gasteiger partial charge in [0.15, 0.2) is 0 Å². The van der Waals surface area contributed by atoms with Crippen molar-refractivity contribution in [1.82, 2.24) is 4.90 Å². The number of amides is 1. The molecule has 1 aliphatic heterocycles. The molecule has 0 spiro atoms. The van der Waals surface area contributed by atoms with Gasteiger partial charge in [0.1, 0.15) is 5.60 Å². The largest absolute Gasteiger partial charge is 0.444 e. The summed E-state index contributed by atoms with van der Waals surface area (Å²) in [6.45, 7) is 9.80. The van der Waals surface area contributed by atoms with Crippen molar-refractivity contribution < 1.29 is 14.6 Å². The quantitative estimate of drug-likeness (QED) is 0.717. The predicted octanol–water partition coefficient (Wildman–Crippen LogP) is 2.32. The van der Waals surface area contributed by atoms with Crippen molar-refractivity contribution >= 4 is 6.09 Å². The number of aliphatic hydroxyl groups excluding tert-OH is 1. The summed E-state index contributed by atoms with van der Waals surface area (Å²) in [5.41, 5.74) is 0.521. The van der Waals surface area contributed by atoms with Gasteiger partial charge < -0.3 is 9.84 Å². The van der Waals surface area contributed by atoms with Crippen LogP contribution in [0.5, 0.6) is 0 Å². The number of nitrogens with zero attached hydrogens (tertiary/aromatic N) is 1. The van der Waals surface area contributed by atoms with Crippen LogP contribution in [0, 0.1) is 0 Å². The molecule has 0 aromatic rings. The molecule has 98 valence electrons. The summed E-state index contributed by atoms with van der Waals surface area (Å²) >= 11 is 0. The molecule has 1 rings (SSSR count). The van der Waals surface area contributed by atoms with Gasteiger partial charge in [-0.3, -0.25) is 4.90 Å². The Labute approximate surface area is 103 Å². The standard InChI is InChI=1S/C13H23NO3/c1-6-11-9(2)7-10(15)8-14(11)12(16)17-13(3,4)5/h7,10-11,15H,6,8H2,1-5H3/t10-,11+/m0/s1. The summed E-state index contributed by atoms with van der Waals surface area (Å²) < 4.78 is 5.35. The van der Waals surface area contributed by atoms with Crippen LogP contribution in [0.3, 0.4) is 0 Å². The number of β-amino-alcohol motifs (C(OH)–C–C–N with tert-alkyl or cyclic N) is 1. The van der Waals surface area contributed by atoms with Crippen LogP contribution in [-0.4, -0.2) is 40.4 Å². The lowest BCUT2D eigenvalue weighted by Crippen LogP contribution is -2.49. The molecule has 0 saturated carbocycles. The van der Waals surface area contributed by atoms with Crippen molar-refractivity contribution in [2.45, 2.75) is 58.8 Å². The summed E-state index contributed by atoms with van der Waals surface area (Å²) in [6.07, 6.45) is 1.70. The maximum atomic E-state index is 12.0. The number of ether oxygens (including phenoxy) is 1. The maximum absolute atomic E-state index is 12.0. The van der Waals surface area contributed by atoms with Gasteiger partial charge in [-0.2, -0.15) is 0 Å². The Kier molecular flexibility index (Phi) is 4.20. The predicted molar refractivity (Wildman–Crippen MR) is 66.8 cm³/mol. The first-order chi connectivity index (χ1) is 7.74. The average molecular weight is 241 g/mol. The van der Waals surface area contributed by atoms with Gasteiger partial charge in [0.25, 0.3) is 0 Å². The van der Waals surface area contributed by atoms with E-state index in [9.17, 15) is 9.90 Å². The molecule has 1 aliphatic rings. The zero-order valence-electron chi connectivity index (χ0n) is 11.4. The van der Waals surface area contributed by atoms with Crippen LogP contribution in [0.25, 0.3) is 0 Å². The molecule has 1 N–H and O–H groups in total. The minimum atomic E-state index is -0.592. The smallest absolute Gasteiger partial charge is 0.410 e. The van der Waals surface area contributed by atoms with Crippen molar-refractivity contribution in [1.29, 1.82) is 0 Å². The SMILES string of the molecule is CC[C@@H]1C(C)=C[C@H](O)CN1C(=O)OC(C)(C)C. The van der Waals surface area contributed by atoms with Crippen LogP contribution in [0.2, 0.25) is 0 Å². The van der Waals surface area contributed by atoms with Gasteiger partial charge in [-0.05, 0) is 34.1 Å². The lowest BCUT2D eigenvalue weighted by molar-refractivity contribution is 0.00769. The second kappa shape index (κ2) is 5.08. The Hall–Kier alpha value is -1.03. The summed E-state index contributed by atoms with van der Waals surface area (Å²) in [6, 6.07) is 0.0354. The first kappa shape index (κ1) is 14.0. The molecule has 0 aliphatic carbocycles. The van der Waals surface area contributed by atoms with Gasteiger partial charge in [0.2, 0.25) is 0 Å². The molecule has 0 saturated heterocycles. The Morgan fingerprint density at radius 2 is 2.18 bits per heavy atom. The fourth-order valence-corrected chi connectivity index (χ4v) is 2.11. The number of aliphatic hydroxyl groups is 1. The highest BCUT2D eigenvalue weighted by molar-refractivity contribution is 5.69. The average Bonchev–Trinajstić information content (AvgIpc) is 2.13. The summed E-state index contributed by atoms with van der Waals surface area (Å²) in [4.78, 5) is 13.7. The Morgan fingerprint density at radius 1 is 1.59 bits per heavy atom. The van der Waals surface area contributed by atoms with Gasteiger partial charge in [0.05, 0.1) is 18.7 Å². The van der Waals surface area contributed by atoms with Gasteiger partial charge in [-0.15, -0.1) is 0 Å². The first-order valence-corrected chi connectivity index (χ1v) is 6.10. The third-order valence-corrected chi connectivity index (χ3v) is 2.76. The minimum Gasteiger partial charge on any atom is -0.444 e. The Bertz CT molecular complexity index is 317. The normalized spacial score (nSPS) is 25.5. The van der Waals surface area contributed by atoms with E-state index < -0.39 is 11.7 Å². The van der Waals surface area contributed by atoms with Crippen LogP contribution in [0.1, 0.15) is 41.0 Å². The highest BCUT2D eigenvalue weighted by atomic mass is 16.6. The van der Waals surface area contributed by atoms with E-state index in [1.165, 1.54) is 0 Å². The molecule has 0 aromatic heterocycles. The number of carbonyl (C=O) groups is 1. The van der Waals surface area contributed by atoms with Crippen molar-refractivity contribution in [2.24, 2.45) is 0 Å². The molecule has 2 atom stereocenters. The minimum absolute atomic E-state index is 0.0354. The van der Waals surface area contributed by atoms with Crippen LogP contribution >= 0.6 is 0 Å². The monoisotopic (exact) mass is 241 g/mol. The van der Waals surface area contributed by atoms with Crippen molar-refractivity contribution in [3.05, 3.63) is 11.6 Å². The third kappa shape index (κ3) is 3.73. The third-order valence-electron chi connectivity index (χ3n) is 2.76. The highest BCUT2D eigenvalue weighted by Gasteiger charge is 2.32. The number of carbonyl (C=O) groups excluding carboxylic acids is 1. The fourth-order valence-electron chi connectivity index (χ4n) is 2.11. The molecule has 0 aromatic carbocycles. The van der Waals surface area contributed by atoms with E-state index in [1.807, 2.05) is 40.7 Å². The molecule has 0 unspecified atom stereocenters. The maximum Gasteiger partial charge on any atom is 0.410 e. The fraction of sp³-hybridized carbons (Fsp3) is 0.769. The van der Waals surface area contributed by atoms with Gasteiger partial charge in [-0.1, -0.05) is 18.6 Å². The molecule has 4 heteroatoms. The van der Waals surface area contributed by atoms with Crippen LogP contribution < -0.4 is 0 Å². The van der Waals surface area contributed by atoms with E-state index in [1.54, 1.807) is 4.90 Å². The van der Waals surface area contributed by atoms with Crippen LogP contribution in [-0.2, 0) is 4.74 Å². The zero-order valence-corrected chi connectivity index (χ0v) is 11.4. The second-order valence-electron chi connectivity index (χ2n) is 5.53. The van der Waals surface area contributed by atoms with Gasteiger partial charge >= 0.3 is 6.09 Å². The van der Waals surface area contributed by atoms with Gasteiger partial charge in [-0.25, -0.2) is 4.79 Å². The molecule has 0 radical (unpaired) electrons. The lowest BCUT2D eigenvalue weighted by Gasteiger charge is -2.37. The molecule has 4 nitrogen and oxygen atoms in total. The molecule has 1 amide bonds. The van der Waals surface area contributed by atoms with E-state index >= 15 is 0 Å². The highest BCUT2D eigenvalue weighted by Crippen LogP contribution is 2.23. The Morgan fingerprint density at radius 3 is 2.65 bits per heavy atom. The van der Waals surface area contributed by atoms with Crippen molar-refractivity contribution in [2.75, 3.05) is 6.54 Å². The van der Waals surface area contributed by atoms with E-state index in [-0.39, 0.29) is 12.1 Å². The number of hydrogen-bond donors (Lipinski definition) is 1. The van der Waals surface area contributed by atoms with Crippen molar-refractivity contribution in [3.63, 3.8) is 0 Å². The molecule has 0 bridgehead atoms.